The average molecular weight is 563 g/mol. The highest BCUT2D eigenvalue weighted by Crippen LogP contribution is 2.59. The fourth-order valence-electron chi connectivity index (χ4n) is 10.1. The third kappa shape index (κ3) is 5.49. The van der Waals surface area contributed by atoms with E-state index in [1.807, 2.05) is 10.6 Å². The molecule has 7 heteroatoms. The van der Waals surface area contributed by atoms with Crippen LogP contribution in [0, 0.1) is 35.4 Å². The molecule has 41 heavy (non-hydrogen) atoms. The van der Waals surface area contributed by atoms with Crippen molar-refractivity contribution in [1.82, 2.24) is 20.2 Å². The van der Waals surface area contributed by atoms with Crippen LogP contribution >= 0.6 is 0 Å². The fraction of sp³-hybridized carbons (Fsp3) is 0.706. The molecule has 5 saturated carbocycles. The molecule has 222 valence electrons. The van der Waals surface area contributed by atoms with Crippen molar-refractivity contribution in [2.75, 3.05) is 13.1 Å². The standard InChI is InChI=1S/C34H47FN4O2/c35-29-10-4-8-28-31-20-37-21-39(31)30(33(28)29)15-26(40)19-36-11-5-9-27-24-12-23-13-25(27)18-34(16-23,17-24)38-32(41)14-22-6-2-1-3-7-22/h4,8,10,20-27,30,36,40H,1-3,5-7,9,11-19H2,(H,38,41). The normalized spacial score (nSPS) is 32.6. The molecule has 2 aromatic rings. The van der Waals surface area contributed by atoms with Crippen molar-refractivity contribution in [2.24, 2.45) is 29.6 Å². The van der Waals surface area contributed by atoms with E-state index in [2.05, 4.69) is 15.6 Å². The SMILES string of the molecule is O=C(CC1CCCCC1)NC12CC3CC(C1)C(CCCNCC(O)CC1c4c(F)cccc4-c4cncn41)C(C3)C2. The third-order valence-electron chi connectivity index (χ3n) is 11.5. The second kappa shape index (κ2) is 11.4. The van der Waals surface area contributed by atoms with Gasteiger partial charge in [-0.3, -0.25) is 4.79 Å². The molecule has 5 aliphatic carbocycles. The average Bonchev–Trinajstić information content (AvgIpc) is 3.53. The summed E-state index contributed by atoms with van der Waals surface area (Å²) in [5.41, 5.74) is 2.56. The molecule has 0 saturated heterocycles. The van der Waals surface area contributed by atoms with E-state index in [1.165, 1.54) is 76.7 Å². The van der Waals surface area contributed by atoms with Crippen LogP contribution in [0.5, 0.6) is 0 Å². The van der Waals surface area contributed by atoms with E-state index >= 15 is 0 Å². The summed E-state index contributed by atoms with van der Waals surface area (Å²) >= 11 is 0. The zero-order chi connectivity index (χ0) is 28.0. The van der Waals surface area contributed by atoms with Gasteiger partial charge in [0.25, 0.3) is 0 Å². The van der Waals surface area contributed by atoms with E-state index in [9.17, 15) is 14.3 Å². The predicted octanol–water partition coefficient (Wildman–Crippen LogP) is 5.99. The topological polar surface area (TPSA) is 79.2 Å². The Morgan fingerprint density at radius 3 is 2.76 bits per heavy atom. The highest BCUT2D eigenvalue weighted by atomic mass is 19.1. The Morgan fingerprint density at radius 1 is 1.15 bits per heavy atom. The van der Waals surface area contributed by atoms with Crippen molar-refractivity contribution in [3.05, 3.63) is 42.1 Å². The molecule has 3 N–H and O–H groups in total. The molecule has 4 bridgehead atoms. The minimum atomic E-state index is -0.556. The molecule has 6 nitrogen and oxygen atoms in total. The lowest BCUT2D eigenvalue weighted by atomic mass is 9.48. The van der Waals surface area contributed by atoms with Gasteiger partial charge >= 0.3 is 0 Å². The number of aliphatic hydroxyl groups is 1. The molecule has 1 aromatic heterocycles. The van der Waals surface area contributed by atoms with Crippen LogP contribution in [0.3, 0.4) is 0 Å². The molecule has 1 aliphatic heterocycles. The van der Waals surface area contributed by atoms with Gasteiger partial charge in [-0.25, -0.2) is 9.37 Å². The van der Waals surface area contributed by atoms with Crippen LogP contribution < -0.4 is 10.6 Å². The molecule has 1 amide bonds. The Labute approximate surface area is 243 Å². The van der Waals surface area contributed by atoms with Gasteiger partial charge in [0.15, 0.2) is 0 Å². The molecule has 4 unspecified atom stereocenters. The third-order valence-corrected chi connectivity index (χ3v) is 11.5. The highest BCUT2D eigenvalue weighted by Gasteiger charge is 2.55. The Balaban J connectivity index is 0.865. The second-order valence-electron chi connectivity index (χ2n) is 14.3. The number of nitrogens with one attached hydrogen (secondary N) is 2. The van der Waals surface area contributed by atoms with Crippen LogP contribution in [0.15, 0.2) is 30.7 Å². The number of benzene rings is 1. The lowest BCUT2D eigenvalue weighted by Crippen LogP contribution is -2.62. The molecule has 6 aliphatic rings. The maximum Gasteiger partial charge on any atom is 0.220 e. The largest absolute Gasteiger partial charge is 0.392 e. The van der Waals surface area contributed by atoms with Crippen molar-refractivity contribution < 1.29 is 14.3 Å². The maximum atomic E-state index is 14.7. The molecule has 4 atom stereocenters. The summed E-state index contributed by atoms with van der Waals surface area (Å²) in [5, 5.41) is 18.0. The summed E-state index contributed by atoms with van der Waals surface area (Å²) in [6.45, 7) is 1.41. The van der Waals surface area contributed by atoms with E-state index in [4.69, 9.17) is 0 Å². The fourth-order valence-corrected chi connectivity index (χ4v) is 10.1. The van der Waals surface area contributed by atoms with Crippen LogP contribution in [-0.4, -0.2) is 45.3 Å². The van der Waals surface area contributed by atoms with Crippen LogP contribution in [-0.2, 0) is 4.79 Å². The van der Waals surface area contributed by atoms with Gasteiger partial charge in [0, 0.05) is 29.6 Å². The number of halogens is 1. The first-order valence-corrected chi connectivity index (χ1v) is 16.5. The van der Waals surface area contributed by atoms with Gasteiger partial charge in [-0.2, -0.15) is 0 Å². The minimum Gasteiger partial charge on any atom is -0.392 e. The van der Waals surface area contributed by atoms with E-state index < -0.39 is 6.10 Å². The summed E-state index contributed by atoms with van der Waals surface area (Å²) < 4.78 is 16.7. The highest BCUT2D eigenvalue weighted by molar-refractivity contribution is 5.77. The monoisotopic (exact) mass is 562 g/mol. The number of amides is 1. The van der Waals surface area contributed by atoms with Crippen molar-refractivity contribution in [3.8, 4) is 11.3 Å². The van der Waals surface area contributed by atoms with E-state index in [-0.39, 0.29) is 17.4 Å². The zero-order valence-corrected chi connectivity index (χ0v) is 24.4. The van der Waals surface area contributed by atoms with Crippen LogP contribution in [0.1, 0.15) is 101 Å². The number of hydrogen-bond acceptors (Lipinski definition) is 4. The first-order valence-electron chi connectivity index (χ1n) is 16.5. The molecule has 8 rings (SSSR count). The van der Waals surface area contributed by atoms with Crippen molar-refractivity contribution >= 4 is 5.91 Å². The molecular weight excluding hydrogens is 515 g/mol. The Kier molecular flexibility index (Phi) is 7.70. The summed E-state index contributed by atoms with van der Waals surface area (Å²) in [6, 6.07) is 4.97. The second-order valence-corrected chi connectivity index (χ2v) is 14.3. The van der Waals surface area contributed by atoms with Gasteiger partial charge in [-0.05, 0) is 106 Å². The predicted molar refractivity (Wildman–Crippen MR) is 158 cm³/mol. The first kappa shape index (κ1) is 27.6. The van der Waals surface area contributed by atoms with E-state index in [0.717, 1.165) is 54.3 Å². The number of rotatable bonds is 11. The van der Waals surface area contributed by atoms with Gasteiger partial charge in [0.2, 0.25) is 5.91 Å². The zero-order valence-electron chi connectivity index (χ0n) is 24.4. The number of carbonyl (C=O) groups is 1. The number of hydrogen-bond donors (Lipinski definition) is 3. The Hall–Kier alpha value is -2.25. The number of carbonyl (C=O) groups excluding carboxylic acids is 1. The Bertz CT molecular complexity index is 1220. The van der Waals surface area contributed by atoms with Gasteiger partial charge in [0.05, 0.1) is 30.4 Å². The number of imidazole rings is 1. The lowest BCUT2D eigenvalue weighted by molar-refractivity contribution is -0.130. The summed E-state index contributed by atoms with van der Waals surface area (Å²) in [5.74, 6) is 3.80. The van der Waals surface area contributed by atoms with Crippen molar-refractivity contribution in [2.45, 2.75) is 108 Å². The van der Waals surface area contributed by atoms with Crippen LogP contribution in [0.25, 0.3) is 11.3 Å². The number of aromatic nitrogens is 2. The van der Waals surface area contributed by atoms with Gasteiger partial charge in [-0.1, -0.05) is 31.4 Å². The van der Waals surface area contributed by atoms with E-state index in [0.29, 0.717) is 30.4 Å². The molecule has 1 aromatic carbocycles. The molecule has 0 radical (unpaired) electrons. The smallest absolute Gasteiger partial charge is 0.220 e. The summed E-state index contributed by atoms with van der Waals surface area (Å²) in [7, 11) is 0. The maximum absolute atomic E-state index is 14.7. The van der Waals surface area contributed by atoms with E-state index in [1.54, 1.807) is 18.6 Å². The summed E-state index contributed by atoms with van der Waals surface area (Å²) in [4.78, 5) is 17.3. The molecular formula is C34H47FN4O2. The van der Waals surface area contributed by atoms with Gasteiger partial charge < -0.3 is 20.3 Å². The van der Waals surface area contributed by atoms with Crippen molar-refractivity contribution in [1.29, 1.82) is 0 Å². The Morgan fingerprint density at radius 2 is 1.95 bits per heavy atom. The van der Waals surface area contributed by atoms with Gasteiger partial charge in [0.1, 0.15) is 5.82 Å². The molecule has 5 fully saturated rings. The minimum absolute atomic E-state index is 0.0779. The first-order chi connectivity index (χ1) is 20.0. The number of aliphatic hydroxyl groups excluding tert-OH is 1. The number of nitrogens with zero attached hydrogens (tertiary/aromatic N) is 2. The molecule has 2 heterocycles. The lowest BCUT2D eigenvalue weighted by Gasteiger charge is -2.60. The number of fused-ring (bicyclic) bond motifs is 3. The van der Waals surface area contributed by atoms with Crippen LogP contribution in [0.4, 0.5) is 4.39 Å². The quantitative estimate of drug-likeness (QED) is 0.294. The molecule has 0 spiro atoms. The van der Waals surface area contributed by atoms with Crippen molar-refractivity contribution in [3.63, 3.8) is 0 Å². The van der Waals surface area contributed by atoms with Crippen LogP contribution in [0.2, 0.25) is 0 Å². The van der Waals surface area contributed by atoms with Gasteiger partial charge in [-0.15, -0.1) is 0 Å². The summed E-state index contributed by atoms with van der Waals surface area (Å²) in [6.07, 6.45) is 19.2.